The van der Waals surface area contributed by atoms with Gasteiger partial charge in [0.25, 0.3) is 5.91 Å². The van der Waals surface area contributed by atoms with Crippen LogP contribution in [0.3, 0.4) is 0 Å². The van der Waals surface area contributed by atoms with E-state index in [-0.39, 0.29) is 28.7 Å². The summed E-state index contributed by atoms with van der Waals surface area (Å²) in [5, 5.41) is 0.210. The number of nitrogens with zero attached hydrogens (tertiary/aromatic N) is 3. The van der Waals surface area contributed by atoms with Gasteiger partial charge in [-0.2, -0.15) is 0 Å². The lowest BCUT2D eigenvalue weighted by molar-refractivity contribution is -0.914. The van der Waals surface area contributed by atoms with Crippen molar-refractivity contribution < 1.29 is 37.1 Å². The molecule has 1 aromatic heterocycles. The fraction of sp³-hybridized carbons (Fsp3) is 0.425. The number of esters is 1. The Hall–Kier alpha value is -4.77. The third kappa shape index (κ3) is 9.13. The normalized spacial score (nSPS) is 13.9. The first-order chi connectivity index (χ1) is 24.6. The van der Waals surface area contributed by atoms with Gasteiger partial charge in [-0.1, -0.05) is 12.8 Å². The number of carbonyl (C=O) groups is 2. The Kier molecular flexibility index (Phi) is 12.5. The number of rotatable bonds is 15. The number of ether oxygens (including phenoxy) is 3. The molecule has 0 bridgehead atoms. The minimum Gasteiger partial charge on any atom is -0.497 e. The largest absolute Gasteiger partial charge is 0.497 e. The summed E-state index contributed by atoms with van der Waals surface area (Å²) in [5.74, 6) is -2.17. The molecule has 4 aromatic rings. The van der Waals surface area contributed by atoms with E-state index < -0.39 is 28.9 Å². The van der Waals surface area contributed by atoms with Gasteiger partial charge in [0.15, 0.2) is 0 Å². The Bertz CT molecular complexity index is 1900. The van der Waals surface area contributed by atoms with Crippen LogP contribution in [0.15, 0.2) is 65.6 Å². The van der Waals surface area contributed by atoms with Crippen molar-refractivity contribution in [2.24, 2.45) is 0 Å². The third-order valence-corrected chi connectivity index (χ3v) is 9.76. The molecule has 3 aromatic carbocycles. The van der Waals surface area contributed by atoms with Gasteiger partial charge in [-0.15, -0.1) is 0 Å². The summed E-state index contributed by atoms with van der Waals surface area (Å²) < 4.78 is 47.7. The number of hydrogen-bond donors (Lipinski definition) is 0. The maximum Gasteiger partial charge on any atom is 0.338 e. The van der Waals surface area contributed by atoms with E-state index in [1.807, 2.05) is 0 Å². The van der Waals surface area contributed by atoms with Gasteiger partial charge in [-0.3, -0.25) is 9.59 Å². The number of anilines is 1. The maximum atomic E-state index is 14.2. The van der Waals surface area contributed by atoms with Gasteiger partial charge in [0.2, 0.25) is 5.43 Å². The van der Waals surface area contributed by atoms with Crippen molar-refractivity contribution in [1.82, 2.24) is 4.57 Å². The summed E-state index contributed by atoms with van der Waals surface area (Å²) in [6.45, 7) is 6.02. The molecule has 5 rings (SSSR count). The van der Waals surface area contributed by atoms with Gasteiger partial charge in [0.05, 0.1) is 64.3 Å². The van der Waals surface area contributed by atoms with E-state index in [1.54, 1.807) is 41.8 Å². The average molecular weight is 705 g/mol. The van der Waals surface area contributed by atoms with E-state index >= 15 is 0 Å². The van der Waals surface area contributed by atoms with Crippen molar-refractivity contribution in [3.05, 3.63) is 93.8 Å². The van der Waals surface area contributed by atoms with Gasteiger partial charge in [0.1, 0.15) is 28.7 Å². The number of hydrogen-bond acceptors (Lipinski definition) is 6. The molecule has 0 atom stereocenters. The van der Waals surface area contributed by atoms with Crippen LogP contribution < -0.4 is 19.8 Å². The number of benzene rings is 3. The molecule has 1 aliphatic rings. The number of halogens is 2. The summed E-state index contributed by atoms with van der Waals surface area (Å²) in [4.78, 5) is 41.6. The number of piperidine rings is 1. The minimum absolute atomic E-state index is 0.0261. The molecule has 2 heterocycles. The third-order valence-electron chi connectivity index (χ3n) is 9.76. The van der Waals surface area contributed by atoms with E-state index in [9.17, 15) is 23.2 Å². The van der Waals surface area contributed by atoms with E-state index in [0.717, 1.165) is 36.3 Å². The number of amides is 1. The molecule has 11 heteroatoms. The zero-order valence-corrected chi connectivity index (χ0v) is 30.0. The molecule has 0 aliphatic carbocycles. The van der Waals surface area contributed by atoms with Gasteiger partial charge >= 0.3 is 5.97 Å². The number of unbranched alkanes of at least 4 members (excludes halogenated alkanes) is 4. The fourth-order valence-corrected chi connectivity index (χ4v) is 6.94. The molecule has 0 N–H and O–H groups in total. The van der Waals surface area contributed by atoms with Gasteiger partial charge in [-0.05, 0) is 81.8 Å². The second-order valence-electron chi connectivity index (χ2n) is 13.5. The number of pyridine rings is 1. The van der Waals surface area contributed by atoms with E-state index in [0.29, 0.717) is 35.4 Å². The molecule has 9 nitrogen and oxygen atoms in total. The van der Waals surface area contributed by atoms with Crippen LogP contribution >= 0.6 is 0 Å². The zero-order valence-electron chi connectivity index (χ0n) is 30.0. The lowest BCUT2D eigenvalue weighted by atomic mass is 10.1. The summed E-state index contributed by atoms with van der Waals surface area (Å²) in [6, 6.07) is 12.5. The van der Waals surface area contributed by atoms with E-state index in [2.05, 4.69) is 7.05 Å². The van der Waals surface area contributed by atoms with Crippen molar-refractivity contribution in [2.75, 3.05) is 59.0 Å². The quantitative estimate of drug-likeness (QED) is 0.0717. The van der Waals surface area contributed by atoms with E-state index in [4.69, 9.17) is 14.2 Å². The molecular weight excluding hydrogens is 656 g/mol. The molecule has 0 radical (unpaired) electrons. The minimum atomic E-state index is -0.852. The smallest absolute Gasteiger partial charge is 0.338 e. The predicted molar refractivity (Wildman–Crippen MR) is 194 cm³/mol. The SMILES string of the molecule is CCN(C(=O)c1cn(-c2cc(OC)cc(C(=O)OC)c2)c2cc(OCCCCCCC[N+]3(C)CCCCC3)ccc2c1=O)c1cc(F)cc(F)c1. The predicted octanol–water partition coefficient (Wildman–Crippen LogP) is 7.69. The first-order valence-electron chi connectivity index (χ1n) is 17.8. The summed E-state index contributed by atoms with van der Waals surface area (Å²) in [5.41, 5.74) is 0.197. The van der Waals surface area contributed by atoms with Crippen LogP contribution in [-0.2, 0) is 4.74 Å². The highest BCUT2D eigenvalue weighted by Crippen LogP contribution is 2.28. The molecule has 1 amide bonds. The molecule has 272 valence electrons. The standard InChI is InChI=1S/C40H48F2N3O6/c1-5-43(32-23-29(41)22-30(42)24-32)39(47)36-27-44(31-20-28(40(48)50-4)21-34(25-31)49-3)37-26-33(14-15-35(37)38(36)46)51-19-13-8-6-7-10-16-45(2)17-11-9-12-18-45/h14-15,20-27H,5-13,16-19H2,1-4H3/q+1. The summed E-state index contributed by atoms with van der Waals surface area (Å²) in [7, 11) is 5.11. The number of aromatic nitrogens is 1. The van der Waals surface area contributed by atoms with Crippen molar-refractivity contribution in [3.63, 3.8) is 0 Å². The zero-order chi connectivity index (χ0) is 36.5. The number of fused-ring (bicyclic) bond motifs is 1. The van der Waals surface area contributed by atoms with Gasteiger partial charge in [0, 0.05) is 42.0 Å². The number of likely N-dealkylation sites (tertiary alicyclic amines) is 1. The van der Waals surface area contributed by atoms with Crippen LogP contribution in [0.1, 0.15) is 79.0 Å². The molecule has 0 spiro atoms. The second-order valence-corrected chi connectivity index (χ2v) is 13.5. The highest BCUT2D eigenvalue weighted by atomic mass is 19.1. The monoisotopic (exact) mass is 704 g/mol. The molecule has 1 aliphatic heterocycles. The van der Waals surface area contributed by atoms with Crippen LogP contribution in [0.4, 0.5) is 14.5 Å². The topological polar surface area (TPSA) is 87.1 Å². The van der Waals surface area contributed by atoms with Crippen LogP contribution in [0.2, 0.25) is 0 Å². The fourth-order valence-electron chi connectivity index (χ4n) is 6.94. The van der Waals surface area contributed by atoms with Crippen LogP contribution in [0, 0.1) is 11.6 Å². The highest BCUT2D eigenvalue weighted by molar-refractivity contribution is 6.07. The van der Waals surface area contributed by atoms with Crippen molar-refractivity contribution in [1.29, 1.82) is 0 Å². The lowest BCUT2D eigenvalue weighted by Gasteiger charge is -2.37. The van der Waals surface area contributed by atoms with Crippen molar-refractivity contribution >= 4 is 28.5 Å². The average Bonchev–Trinajstić information content (AvgIpc) is 3.12. The highest BCUT2D eigenvalue weighted by Gasteiger charge is 2.25. The Morgan fingerprint density at radius 1 is 0.863 bits per heavy atom. The summed E-state index contributed by atoms with van der Waals surface area (Å²) >= 11 is 0. The number of quaternary nitrogens is 1. The van der Waals surface area contributed by atoms with Crippen LogP contribution in [0.25, 0.3) is 16.6 Å². The molecule has 1 fully saturated rings. The molecule has 0 unspecified atom stereocenters. The second kappa shape index (κ2) is 17.0. The first-order valence-corrected chi connectivity index (χ1v) is 17.8. The molecular formula is C40H48F2N3O6+. The maximum absolute atomic E-state index is 14.2. The Morgan fingerprint density at radius 2 is 1.57 bits per heavy atom. The first kappa shape index (κ1) is 37.5. The molecule has 51 heavy (non-hydrogen) atoms. The Balaban J connectivity index is 1.42. The number of methoxy groups -OCH3 is 2. The van der Waals surface area contributed by atoms with Crippen molar-refractivity contribution in [2.45, 2.75) is 58.3 Å². The van der Waals surface area contributed by atoms with Gasteiger partial charge < -0.3 is 28.2 Å². The van der Waals surface area contributed by atoms with Gasteiger partial charge in [-0.25, -0.2) is 13.6 Å². The molecule has 0 saturated carbocycles. The Morgan fingerprint density at radius 3 is 2.25 bits per heavy atom. The van der Waals surface area contributed by atoms with Crippen LogP contribution in [-0.4, -0.2) is 75.0 Å². The van der Waals surface area contributed by atoms with Crippen LogP contribution in [0.5, 0.6) is 11.5 Å². The molecule has 1 saturated heterocycles. The van der Waals surface area contributed by atoms with E-state index in [1.165, 1.54) is 82.7 Å². The lowest BCUT2D eigenvalue weighted by Crippen LogP contribution is -2.48. The van der Waals surface area contributed by atoms with Crippen molar-refractivity contribution in [3.8, 4) is 17.2 Å². The number of carbonyl (C=O) groups excluding carboxylic acids is 2. The summed E-state index contributed by atoms with van der Waals surface area (Å²) in [6.07, 6.45) is 10.9. The Labute approximate surface area is 297 Å².